The molecule has 0 radical (unpaired) electrons. The Labute approximate surface area is 141 Å². The van der Waals surface area contributed by atoms with Crippen LogP contribution in [0.4, 0.5) is 0 Å². The number of rotatable bonds is 11. The van der Waals surface area contributed by atoms with E-state index in [-0.39, 0.29) is 0 Å². The van der Waals surface area contributed by atoms with Crippen molar-refractivity contribution in [2.24, 2.45) is 17.8 Å². The summed E-state index contributed by atoms with van der Waals surface area (Å²) in [6.45, 7) is 8.11. The van der Waals surface area contributed by atoms with E-state index in [4.69, 9.17) is 4.74 Å². The van der Waals surface area contributed by atoms with Crippen LogP contribution in [0, 0.1) is 17.8 Å². The van der Waals surface area contributed by atoms with Crippen LogP contribution in [0.5, 0.6) is 0 Å². The SMILES string of the molecule is CC1CCC(C(C)C)C(OCCCCCCCCCBr)C1. The van der Waals surface area contributed by atoms with E-state index in [1.807, 2.05) is 0 Å². The highest BCUT2D eigenvalue weighted by Gasteiger charge is 2.31. The molecule has 1 aliphatic rings. The molecule has 2 heteroatoms. The zero-order valence-corrected chi connectivity index (χ0v) is 16.2. The molecule has 21 heavy (non-hydrogen) atoms. The van der Waals surface area contributed by atoms with Crippen molar-refractivity contribution in [2.45, 2.75) is 91.1 Å². The normalized spacial score (nSPS) is 26.4. The molecule has 3 unspecified atom stereocenters. The maximum Gasteiger partial charge on any atom is 0.0608 e. The zero-order valence-electron chi connectivity index (χ0n) is 14.6. The lowest BCUT2D eigenvalue weighted by atomic mass is 9.75. The molecule has 0 aliphatic heterocycles. The molecule has 1 saturated carbocycles. The van der Waals surface area contributed by atoms with Gasteiger partial charge in [-0.05, 0) is 43.4 Å². The second-order valence-corrected chi connectivity index (χ2v) is 8.19. The van der Waals surface area contributed by atoms with E-state index in [0.717, 1.165) is 29.7 Å². The zero-order chi connectivity index (χ0) is 15.5. The maximum atomic E-state index is 6.27. The van der Waals surface area contributed by atoms with Crippen LogP contribution in [-0.2, 0) is 4.74 Å². The molecule has 0 amide bonds. The molecular formula is C19H37BrO. The third-order valence-corrected chi connectivity index (χ3v) is 5.63. The molecular weight excluding hydrogens is 324 g/mol. The van der Waals surface area contributed by atoms with Gasteiger partial charge in [-0.15, -0.1) is 0 Å². The first-order valence-corrected chi connectivity index (χ1v) is 10.4. The van der Waals surface area contributed by atoms with Crippen LogP contribution < -0.4 is 0 Å². The second-order valence-electron chi connectivity index (χ2n) is 7.40. The fourth-order valence-electron chi connectivity index (χ4n) is 3.62. The van der Waals surface area contributed by atoms with Gasteiger partial charge >= 0.3 is 0 Å². The molecule has 0 aromatic heterocycles. The highest BCUT2D eigenvalue weighted by atomic mass is 79.9. The predicted molar refractivity (Wildman–Crippen MR) is 97.2 cm³/mol. The van der Waals surface area contributed by atoms with Gasteiger partial charge in [0.05, 0.1) is 6.10 Å². The summed E-state index contributed by atoms with van der Waals surface area (Å²) in [6, 6.07) is 0. The second kappa shape index (κ2) is 11.9. The van der Waals surface area contributed by atoms with Crippen molar-refractivity contribution in [1.29, 1.82) is 0 Å². The number of halogens is 1. The van der Waals surface area contributed by atoms with Gasteiger partial charge in [0.1, 0.15) is 0 Å². The fourth-order valence-corrected chi connectivity index (χ4v) is 4.02. The van der Waals surface area contributed by atoms with E-state index >= 15 is 0 Å². The first kappa shape index (κ1) is 19.5. The molecule has 0 aromatic carbocycles. The van der Waals surface area contributed by atoms with Gasteiger partial charge in [-0.25, -0.2) is 0 Å². The first-order chi connectivity index (χ1) is 10.1. The smallest absolute Gasteiger partial charge is 0.0608 e. The van der Waals surface area contributed by atoms with Crippen LogP contribution in [0.25, 0.3) is 0 Å². The van der Waals surface area contributed by atoms with E-state index in [0.29, 0.717) is 6.10 Å². The van der Waals surface area contributed by atoms with Gasteiger partial charge in [0.25, 0.3) is 0 Å². The van der Waals surface area contributed by atoms with Gasteiger partial charge in [0, 0.05) is 11.9 Å². The van der Waals surface area contributed by atoms with Crippen LogP contribution in [0.2, 0.25) is 0 Å². The van der Waals surface area contributed by atoms with Crippen molar-refractivity contribution < 1.29 is 4.74 Å². The molecule has 0 spiro atoms. The van der Waals surface area contributed by atoms with Crippen LogP contribution >= 0.6 is 15.9 Å². The Bertz CT molecular complexity index is 242. The summed E-state index contributed by atoms with van der Waals surface area (Å²) in [5.74, 6) is 2.43. The quantitative estimate of drug-likeness (QED) is 0.298. The van der Waals surface area contributed by atoms with Crippen molar-refractivity contribution in [2.75, 3.05) is 11.9 Å². The summed E-state index contributed by atoms with van der Waals surface area (Å²) in [5, 5.41) is 1.16. The van der Waals surface area contributed by atoms with Gasteiger partial charge in [0.2, 0.25) is 0 Å². The third kappa shape index (κ3) is 8.59. The lowest BCUT2D eigenvalue weighted by molar-refractivity contribution is -0.0394. The van der Waals surface area contributed by atoms with Crippen LogP contribution in [-0.4, -0.2) is 18.0 Å². The van der Waals surface area contributed by atoms with Gasteiger partial charge < -0.3 is 4.74 Å². The van der Waals surface area contributed by atoms with Gasteiger partial charge in [-0.1, -0.05) is 75.2 Å². The highest BCUT2D eigenvalue weighted by molar-refractivity contribution is 9.09. The van der Waals surface area contributed by atoms with Crippen LogP contribution in [0.15, 0.2) is 0 Å². The summed E-state index contributed by atoms with van der Waals surface area (Å²) in [6.07, 6.45) is 14.1. The van der Waals surface area contributed by atoms with Crippen LogP contribution in [0.1, 0.15) is 85.0 Å². The van der Waals surface area contributed by atoms with Crippen molar-refractivity contribution in [3.63, 3.8) is 0 Å². The van der Waals surface area contributed by atoms with Crippen LogP contribution in [0.3, 0.4) is 0 Å². The Kier molecular flexibility index (Phi) is 11.1. The molecule has 3 atom stereocenters. The van der Waals surface area contributed by atoms with Crippen molar-refractivity contribution >= 4 is 15.9 Å². The number of unbranched alkanes of at least 4 members (excludes halogenated alkanes) is 6. The minimum atomic E-state index is 0.535. The third-order valence-electron chi connectivity index (χ3n) is 5.07. The average Bonchev–Trinajstić information content (AvgIpc) is 2.45. The summed E-state index contributed by atoms with van der Waals surface area (Å²) in [5.41, 5.74) is 0. The first-order valence-electron chi connectivity index (χ1n) is 9.32. The summed E-state index contributed by atoms with van der Waals surface area (Å²) in [7, 11) is 0. The van der Waals surface area contributed by atoms with Gasteiger partial charge in [0.15, 0.2) is 0 Å². The largest absolute Gasteiger partial charge is 0.378 e. The summed E-state index contributed by atoms with van der Waals surface area (Å²) < 4.78 is 6.27. The van der Waals surface area contributed by atoms with Crippen molar-refractivity contribution in [3.8, 4) is 0 Å². The molecule has 1 nitrogen and oxygen atoms in total. The Hall–Kier alpha value is 0.440. The molecule has 0 aromatic rings. The standard InChI is InChI=1S/C19H37BrO/c1-16(2)18-12-11-17(3)15-19(18)21-14-10-8-6-4-5-7-9-13-20/h16-19H,4-15H2,1-3H3. The van der Waals surface area contributed by atoms with E-state index in [1.54, 1.807) is 0 Å². The molecule has 0 bridgehead atoms. The molecule has 0 heterocycles. The summed E-state index contributed by atoms with van der Waals surface area (Å²) >= 11 is 3.49. The van der Waals surface area contributed by atoms with Crippen molar-refractivity contribution in [1.82, 2.24) is 0 Å². The summed E-state index contributed by atoms with van der Waals surface area (Å²) in [4.78, 5) is 0. The molecule has 1 aliphatic carbocycles. The minimum absolute atomic E-state index is 0.535. The van der Waals surface area contributed by atoms with Crippen molar-refractivity contribution in [3.05, 3.63) is 0 Å². The number of hydrogen-bond acceptors (Lipinski definition) is 1. The molecule has 1 fully saturated rings. The maximum absolute atomic E-state index is 6.27. The van der Waals surface area contributed by atoms with Gasteiger partial charge in [-0.3, -0.25) is 0 Å². The lowest BCUT2D eigenvalue weighted by Gasteiger charge is -2.37. The lowest BCUT2D eigenvalue weighted by Crippen LogP contribution is -2.34. The highest BCUT2D eigenvalue weighted by Crippen LogP contribution is 2.35. The van der Waals surface area contributed by atoms with E-state index in [1.165, 1.54) is 64.2 Å². The molecule has 1 rings (SSSR count). The van der Waals surface area contributed by atoms with E-state index in [2.05, 4.69) is 36.7 Å². The molecule has 0 N–H and O–H groups in total. The van der Waals surface area contributed by atoms with Gasteiger partial charge in [-0.2, -0.15) is 0 Å². The number of ether oxygens (including phenoxy) is 1. The van der Waals surface area contributed by atoms with E-state index in [9.17, 15) is 0 Å². The topological polar surface area (TPSA) is 9.23 Å². The number of hydrogen-bond donors (Lipinski definition) is 0. The monoisotopic (exact) mass is 360 g/mol. The molecule has 0 saturated heterocycles. The Morgan fingerprint density at radius 2 is 1.57 bits per heavy atom. The number of alkyl halides is 1. The van der Waals surface area contributed by atoms with E-state index < -0.39 is 0 Å². The fraction of sp³-hybridized carbons (Fsp3) is 1.00. The average molecular weight is 361 g/mol. The minimum Gasteiger partial charge on any atom is -0.378 e. The Balaban J connectivity index is 2.04. The predicted octanol–water partition coefficient (Wildman–Crippen LogP) is 6.59. The Morgan fingerprint density at radius 3 is 2.19 bits per heavy atom. The Morgan fingerprint density at radius 1 is 0.952 bits per heavy atom. The molecule has 126 valence electrons.